The van der Waals surface area contributed by atoms with Crippen molar-refractivity contribution in [1.82, 2.24) is 14.8 Å². The lowest BCUT2D eigenvalue weighted by Gasteiger charge is -2.12. The SMILES string of the molecule is Cc1occc1-c1nnc(SC(C)c2ccc(OC(F)F)cc2)n1C. The molecule has 8 heteroatoms. The van der Waals surface area contributed by atoms with Crippen molar-refractivity contribution in [2.24, 2.45) is 7.05 Å². The molecule has 3 aromatic rings. The molecule has 0 radical (unpaired) electrons. The van der Waals surface area contributed by atoms with E-state index in [1.807, 2.05) is 31.5 Å². The first-order valence-corrected chi connectivity index (χ1v) is 8.49. The van der Waals surface area contributed by atoms with Crippen molar-refractivity contribution in [3.05, 3.63) is 47.9 Å². The molecule has 0 N–H and O–H groups in total. The maximum absolute atomic E-state index is 12.2. The first-order chi connectivity index (χ1) is 12.0. The molecule has 1 unspecified atom stereocenters. The second kappa shape index (κ2) is 7.26. The minimum atomic E-state index is -2.82. The van der Waals surface area contributed by atoms with Gasteiger partial charge in [-0.1, -0.05) is 23.9 Å². The van der Waals surface area contributed by atoms with Crippen LogP contribution in [-0.2, 0) is 7.05 Å². The monoisotopic (exact) mass is 365 g/mol. The van der Waals surface area contributed by atoms with Gasteiger partial charge in [-0.3, -0.25) is 0 Å². The lowest BCUT2D eigenvalue weighted by Crippen LogP contribution is -2.02. The summed E-state index contributed by atoms with van der Waals surface area (Å²) in [6.45, 7) is 1.08. The van der Waals surface area contributed by atoms with Gasteiger partial charge in [-0.2, -0.15) is 8.78 Å². The van der Waals surface area contributed by atoms with E-state index in [9.17, 15) is 8.78 Å². The third-order valence-electron chi connectivity index (χ3n) is 3.79. The fraction of sp³-hybridized carbons (Fsp3) is 0.294. The first kappa shape index (κ1) is 17.5. The highest BCUT2D eigenvalue weighted by molar-refractivity contribution is 7.99. The molecule has 0 amide bonds. The van der Waals surface area contributed by atoms with Crippen LogP contribution in [0.5, 0.6) is 5.75 Å². The number of thioether (sulfide) groups is 1. The molecule has 0 fully saturated rings. The van der Waals surface area contributed by atoms with Crippen LogP contribution in [0.3, 0.4) is 0 Å². The molecule has 0 saturated carbocycles. The Morgan fingerprint density at radius 1 is 1.16 bits per heavy atom. The summed E-state index contributed by atoms with van der Waals surface area (Å²) >= 11 is 1.54. The smallest absolute Gasteiger partial charge is 0.387 e. The Morgan fingerprint density at radius 3 is 2.48 bits per heavy atom. The number of halogens is 2. The molecule has 1 atom stereocenters. The number of furan rings is 1. The fourth-order valence-corrected chi connectivity index (χ4v) is 3.36. The van der Waals surface area contributed by atoms with E-state index in [1.165, 1.54) is 23.9 Å². The van der Waals surface area contributed by atoms with E-state index in [4.69, 9.17) is 4.42 Å². The van der Waals surface area contributed by atoms with Crippen LogP contribution in [0.1, 0.15) is 23.5 Å². The number of benzene rings is 1. The highest BCUT2D eigenvalue weighted by atomic mass is 32.2. The lowest BCUT2D eigenvalue weighted by molar-refractivity contribution is -0.0498. The topological polar surface area (TPSA) is 53.1 Å². The number of alkyl halides is 2. The Hall–Kier alpha value is -2.35. The molecule has 25 heavy (non-hydrogen) atoms. The van der Waals surface area contributed by atoms with Crippen LogP contribution in [-0.4, -0.2) is 21.4 Å². The molecule has 0 aliphatic rings. The van der Waals surface area contributed by atoms with Gasteiger partial charge in [0.1, 0.15) is 11.5 Å². The summed E-state index contributed by atoms with van der Waals surface area (Å²) < 4.78 is 36.0. The number of hydrogen-bond donors (Lipinski definition) is 0. The van der Waals surface area contributed by atoms with Crippen LogP contribution in [0.25, 0.3) is 11.4 Å². The average Bonchev–Trinajstić information content (AvgIpc) is 3.14. The van der Waals surface area contributed by atoms with Crippen LogP contribution in [0.2, 0.25) is 0 Å². The normalized spacial score (nSPS) is 12.6. The van der Waals surface area contributed by atoms with Crippen LogP contribution >= 0.6 is 11.8 Å². The van der Waals surface area contributed by atoms with Crippen molar-refractivity contribution in [1.29, 1.82) is 0 Å². The van der Waals surface area contributed by atoms with Crippen LogP contribution in [0.15, 0.2) is 46.2 Å². The van der Waals surface area contributed by atoms with Crippen LogP contribution in [0, 0.1) is 6.92 Å². The molecular weight excluding hydrogens is 348 g/mol. The van der Waals surface area contributed by atoms with Crippen LogP contribution < -0.4 is 4.74 Å². The first-order valence-electron chi connectivity index (χ1n) is 7.61. The number of aryl methyl sites for hydroxylation is 1. The van der Waals surface area contributed by atoms with Gasteiger partial charge >= 0.3 is 6.61 Å². The van der Waals surface area contributed by atoms with Gasteiger partial charge in [0, 0.05) is 12.3 Å². The molecule has 5 nitrogen and oxygen atoms in total. The van der Waals surface area contributed by atoms with E-state index in [0.29, 0.717) is 0 Å². The summed E-state index contributed by atoms with van der Waals surface area (Å²) in [4.78, 5) is 0. The van der Waals surface area contributed by atoms with Crippen molar-refractivity contribution in [2.75, 3.05) is 0 Å². The summed E-state index contributed by atoms with van der Waals surface area (Å²) in [5.74, 6) is 1.67. The molecule has 2 heterocycles. The molecule has 132 valence electrons. The second-order valence-electron chi connectivity index (χ2n) is 5.46. The van der Waals surface area contributed by atoms with E-state index in [1.54, 1.807) is 18.4 Å². The van der Waals surface area contributed by atoms with Crippen molar-refractivity contribution >= 4 is 11.8 Å². The standard InChI is InChI=1S/C17H17F2N3O2S/c1-10-14(8-9-23-10)15-20-21-17(22(15)3)25-11(2)12-4-6-13(7-5-12)24-16(18)19/h4-9,11,16H,1-3H3. The molecule has 0 bridgehead atoms. The molecule has 0 aliphatic heterocycles. The molecule has 0 spiro atoms. The van der Waals surface area contributed by atoms with Gasteiger partial charge < -0.3 is 13.7 Å². The highest BCUT2D eigenvalue weighted by Gasteiger charge is 2.17. The number of nitrogens with zero attached hydrogens (tertiary/aromatic N) is 3. The largest absolute Gasteiger partial charge is 0.469 e. The summed E-state index contributed by atoms with van der Waals surface area (Å²) in [6.07, 6.45) is 1.62. The molecule has 0 aliphatic carbocycles. The predicted octanol–water partition coefficient (Wildman–Crippen LogP) is 4.84. The van der Waals surface area contributed by atoms with Gasteiger partial charge in [0.05, 0.1) is 11.8 Å². The Bertz CT molecular complexity index is 846. The predicted molar refractivity (Wildman–Crippen MR) is 90.8 cm³/mol. The zero-order valence-corrected chi connectivity index (χ0v) is 14.8. The van der Waals surface area contributed by atoms with Crippen LogP contribution in [0.4, 0.5) is 8.78 Å². The molecule has 0 saturated heterocycles. The number of rotatable bonds is 6. The highest BCUT2D eigenvalue weighted by Crippen LogP contribution is 2.36. The minimum absolute atomic E-state index is 0.0711. The maximum Gasteiger partial charge on any atom is 0.387 e. The lowest BCUT2D eigenvalue weighted by atomic mass is 10.2. The molecular formula is C17H17F2N3O2S. The Morgan fingerprint density at radius 2 is 1.88 bits per heavy atom. The van der Waals surface area contributed by atoms with E-state index in [-0.39, 0.29) is 11.0 Å². The Balaban J connectivity index is 1.74. The third kappa shape index (κ3) is 3.84. The molecule has 3 rings (SSSR count). The van der Waals surface area contributed by atoms with Crippen molar-refractivity contribution in [3.8, 4) is 17.1 Å². The maximum atomic E-state index is 12.2. The summed E-state index contributed by atoms with van der Waals surface area (Å²) in [6, 6.07) is 8.48. The second-order valence-corrected chi connectivity index (χ2v) is 6.77. The zero-order chi connectivity index (χ0) is 18.0. The molecule has 1 aromatic carbocycles. The average molecular weight is 365 g/mol. The minimum Gasteiger partial charge on any atom is -0.469 e. The fourth-order valence-electron chi connectivity index (χ4n) is 2.42. The van der Waals surface area contributed by atoms with Gasteiger partial charge in [0.2, 0.25) is 0 Å². The summed E-state index contributed by atoms with van der Waals surface area (Å²) in [5.41, 5.74) is 1.89. The number of ether oxygens (including phenoxy) is 1. The third-order valence-corrected chi connectivity index (χ3v) is 4.98. The van der Waals surface area contributed by atoms with Gasteiger partial charge in [0.15, 0.2) is 11.0 Å². The Labute approximate surface area is 148 Å². The quantitative estimate of drug-likeness (QED) is 0.585. The van der Waals surface area contributed by atoms with Crippen molar-refractivity contribution in [3.63, 3.8) is 0 Å². The van der Waals surface area contributed by atoms with E-state index < -0.39 is 6.61 Å². The Kier molecular flexibility index (Phi) is 5.08. The number of hydrogen-bond acceptors (Lipinski definition) is 5. The summed E-state index contributed by atoms with van der Waals surface area (Å²) in [7, 11) is 1.90. The summed E-state index contributed by atoms with van der Waals surface area (Å²) in [5, 5.41) is 9.32. The van der Waals surface area contributed by atoms with Crippen molar-refractivity contribution < 1.29 is 17.9 Å². The zero-order valence-electron chi connectivity index (χ0n) is 13.9. The van der Waals surface area contributed by atoms with Crippen molar-refractivity contribution in [2.45, 2.75) is 30.9 Å². The van der Waals surface area contributed by atoms with Gasteiger partial charge in [-0.25, -0.2) is 0 Å². The van der Waals surface area contributed by atoms with E-state index >= 15 is 0 Å². The van der Waals surface area contributed by atoms with Gasteiger partial charge in [-0.05, 0) is 37.6 Å². The van der Waals surface area contributed by atoms with E-state index in [0.717, 1.165) is 27.9 Å². The number of aromatic nitrogens is 3. The van der Waals surface area contributed by atoms with Gasteiger partial charge in [-0.15, -0.1) is 10.2 Å². The van der Waals surface area contributed by atoms with E-state index in [2.05, 4.69) is 14.9 Å². The molecule has 2 aromatic heterocycles. The van der Waals surface area contributed by atoms with Gasteiger partial charge in [0.25, 0.3) is 0 Å².